The monoisotopic (exact) mass is 89.0 g/mol. The van der Waals surface area contributed by atoms with E-state index in [1.165, 1.54) is 6.41 Å². The van der Waals surface area contributed by atoms with Crippen molar-refractivity contribution in [1.29, 1.82) is 0 Å². The van der Waals surface area contributed by atoms with Gasteiger partial charge in [-0.05, 0) is 0 Å². The number of aliphatic hydroxyl groups excluding tert-OH is 1. The molecule has 4 heteroatoms. The molecule has 1 amide bonds. The van der Waals surface area contributed by atoms with Crippen LogP contribution in [0.3, 0.4) is 0 Å². The van der Waals surface area contributed by atoms with Gasteiger partial charge in [-0.25, -0.2) is 10.9 Å². The summed E-state index contributed by atoms with van der Waals surface area (Å²) in [5.41, 5.74) is 0. The summed E-state index contributed by atoms with van der Waals surface area (Å²) in [7, 11) is 0. The van der Waals surface area contributed by atoms with E-state index in [1.807, 2.05) is 0 Å². The van der Waals surface area contributed by atoms with Crippen LogP contribution in [-0.4, -0.2) is 23.3 Å². The SMILES string of the molecule is NN([C]=O)CO. The summed E-state index contributed by atoms with van der Waals surface area (Å²) in [4.78, 5) is 9.25. The molecule has 1 radical (unpaired) electrons. The van der Waals surface area contributed by atoms with Crippen molar-refractivity contribution in [1.82, 2.24) is 5.01 Å². The average molecular weight is 89.1 g/mol. The lowest BCUT2D eigenvalue weighted by Crippen LogP contribution is -2.29. The van der Waals surface area contributed by atoms with Gasteiger partial charge in [-0.15, -0.1) is 0 Å². The normalized spacial score (nSPS) is 7.67. The van der Waals surface area contributed by atoms with Crippen LogP contribution in [0, 0.1) is 0 Å². The lowest BCUT2D eigenvalue weighted by atomic mass is 11.1. The lowest BCUT2D eigenvalue weighted by molar-refractivity contribution is 0.167. The number of hydrazine groups is 1. The van der Waals surface area contributed by atoms with Gasteiger partial charge in [-0.1, -0.05) is 0 Å². The molecule has 0 aromatic rings. The van der Waals surface area contributed by atoms with E-state index in [0.717, 1.165) is 0 Å². The van der Waals surface area contributed by atoms with Gasteiger partial charge in [0.2, 0.25) is 0 Å². The second-order valence-electron chi connectivity index (χ2n) is 0.702. The molecule has 4 nitrogen and oxygen atoms in total. The first-order chi connectivity index (χ1) is 2.81. The van der Waals surface area contributed by atoms with Crippen LogP contribution in [0.15, 0.2) is 0 Å². The Bertz CT molecular complexity index is 46.8. The molecule has 0 aliphatic carbocycles. The summed E-state index contributed by atoms with van der Waals surface area (Å²) in [6, 6.07) is 0. The van der Waals surface area contributed by atoms with Crippen molar-refractivity contribution in [2.24, 2.45) is 5.84 Å². The van der Waals surface area contributed by atoms with Crippen LogP contribution >= 0.6 is 0 Å². The third-order valence-electron chi connectivity index (χ3n) is 0.270. The van der Waals surface area contributed by atoms with Crippen molar-refractivity contribution in [2.45, 2.75) is 0 Å². The molecule has 3 N–H and O–H groups in total. The summed E-state index contributed by atoms with van der Waals surface area (Å²) >= 11 is 0. The first-order valence-corrected chi connectivity index (χ1v) is 1.32. The number of nitrogens with two attached hydrogens (primary N) is 1. The summed E-state index contributed by atoms with van der Waals surface area (Å²) in [5.74, 6) is 4.63. The van der Waals surface area contributed by atoms with E-state index in [9.17, 15) is 4.79 Å². The largest absolute Gasteiger partial charge is 0.375 e. The summed E-state index contributed by atoms with van der Waals surface area (Å²) < 4.78 is 0. The third-order valence-corrected chi connectivity index (χ3v) is 0.270. The summed E-state index contributed by atoms with van der Waals surface area (Å²) in [6.07, 6.45) is 1.23. The minimum atomic E-state index is -0.483. The molecule has 0 unspecified atom stereocenters. The second-order valence-corrected chi connectivity index (χ2v) is 0.702. The predicted octanol–water partition coefficient (Wildman–Crippen LogP) is -1.82. The molecule has 0 atom stereocenters. The zero-order valence-corrected chi connectivity index (χ0v) is 3.09. The Morgan fingerprint density at radius 1 is 2.00 bits per heavy atom. The van der Waals surface area contributed by atoms with Crippen LogP contribution < -0.4 is 5.84 Å². The van der Waals surface area contributed by atoms with E-state index in [-0.39, 0.29) is 0 Å². The summed E-state index contributed by atoms with van der Waals surface area (Å²) in [5, 5.41) is 8.37. The fraction of sp³-hybridized carbons (Fsp3) is 0.500. The van der Waals surface area contributed by atoms with E-state index in [4.69, 9.17) is 5.11 Å². The van der Waals surface area contributed by atoms with Gasteiger partial charge in [0.1, 0.15) is 6.73 Å². The Hall–Kier alpha value is -0.610. The lowest BCUT2D eigenvalue weighted by Gasteiger charge is -1.98. The van der Waals surface area contributed by atoms with Crippen molar-refractivity contribution < 1.29 is 9.90 Å². The van der Waals surface area contributed by atoms with Gasteiger partial charge in [0, 0.05) is 0 Å². The van der Waals surface area contributed by atoms with E-state index in [1.54, 1.807) is 0 Å². The highest BCUT2D eigenvalue weighted by Crippen LogP contribution is 1.55. The fourth-order valence-corrected chi connectivity index (χ4v) is 0.0289. The van der Waals surface area contributed by atoms with E-state index in [0.29, 0.717) is 5.01 Å². The average Bonchev–Trinajstić information content (AvgIpc) is 1.65. The molecule has 0 spiro atoms. The molecule has 0 aromatic carbocycles. The first-order valence-electron chi connectivity index (χ1n) is 1.32. The Morgan fingerprint density at radius 3 is 2.50 bits per heavy atom. The van der Waals surface area contributed by atoms with Crippen LogP contribution in [0.2, 0.25) is 0 Å². The number of hydrogen-bond donors (Lipinski definition) is 2. The van der Waals surface area contributed by atoms with E-state index < -0.39 is 6.73 Å². The highest BCUT2D eigenvalue weighted by atomic mass is 16.3. The van der Waals surface area contributed by atoms with Crippen LogP contribution in [0.1, 0.15) is 0 Å². The standard InChI is InChI=1S/C2H5N2O2/c3-4(1-5)2-6/h5H,1,3H2. The number of amides is 1. The van der Waals surface area contributed by atoms with Crippen molar-refractivity contribution in [3.05, 3.63) is 0 Å². The topological polar surface area (TPSA) is 66.6 Å². The Morgan fingerprint density at radius 2 is 2.50 bits per heavy atom. The van der Waals surface area contributed by atoms with Gasteiger partial charge in [-0.2, -0.15) is 0 Å². The number of carbonyl (C=O) groups excluding carboxylic acids is 1. The quantitative estimate of drug-likeness (QED) is 0.138. The first kappa shape index (κ1) is 5.39. The van der Waals surface area contributed by atoms with Crippen molar-refractivity contribution in [3.63, 3.8) is 0 Å². The van der Waals surface area contributed by atoms with Gasteiger partial charge >= 0.3 is 6.41 Å². The Balaban J connectivity index is 2.96. The van der Waals surface area contributed by atoms with Gasteiger partial charge < -0.3 is 5.11 Å². The highest BCUT2D eigenvalue weighted by Gasteiger charge is 1.83. The van der Waals surface area contributed by atoms with Gasteiger partial charge in [-0.3, -0.25) is 4.79 Å². The van der Waals surface area contributed by atoms with Crippen molar-refractivity contribution in [3.8, 4) is 0 Å². The number of nitrogens with zero attached hydrogens (tertiary/aromatic N) is 1. The number of aliphatic hydroxyl groups is 1. The molecule has 0 rings (SSSR count). The molecule has 0 fully saturated rings. The van der Waals surface area contributed by atoms with Crippen LogP contribution in [-0.2, 0) is 4.79 Å². The molecule has 0 saturated heterocycles. The number of hydrogen-bond acceptors (Lipinski definition) is 3. The van der Waals surface area contributed by atoms with E-state index >= 15 is 0 Å². The minimum Gasteiger partial charge on any atom is -0.375 e. The van der Waals surface area contributed by atoms with Crippen molar-refractivity contribution in [2.75, 3.05) is 6.73 Å². The molecular weight excluding hydrogens is 84.0 g/mol. The fourth-order valence-electron chi connectivity index (χ4n) is 0.0289. The molecule has 0 aromatic heterocycles. The minimum absolute atomic E-state index is 0.483. The zero-order chi connectivity index (χ0) is 4.99. The molecule has 0 heterocycles. The smallest absolute Gasteiger partial charge is 0.329 e. The molecule has 0 aliphatic heterocycles. The maximum absolute atomic E-state index is 9.25. The zero-order valence-electron chi connectivity index (χ0n) is 3.09. The Labute approximate surface area is 35.1 Å². The number of rotatable bonds is 2. The van der Waals surface area contributed by atoms with Crippen LogP contribution in [0.5, 0.6) is 0 Å². The van der Waals surface area contributed by atoms with Crippen LogP contribution in [0.4, 0.5) is 0 Å². The van der Waals surface area contributed by atoms with Crippen LogP contribution in [0.25, 0.3) is 0 Å². The molecular formula is C2H5N2O2. The van der Waals surface area contributed by atoms with E-state index in [2.05, 4.69) is 5.84 Å². The molecule has 0 bridgehead atoms. The van der Waals surface area contributed by atoms with Gasteiger partial charge in [0.15, 0.2) is 0 Å². The molecule has 0 saturated carbocycles. The van der Waals surface area contributed by atoms with Crippen molar-refractivity contribution >= 4 is 6.41 Å². The maximum atomic E-state index is 9.25. The molecule has 6 heavy (non-hydrogen) atoms. The maximum Gasteiger partial charge on any atom is 0.329 e. The second kappa shape index (κ2) is 2.62. The Kier molecular flexibility index (Phi) is 2.35. The molecule has 35 valence electrons. The summed E-state index contributed by atoms with van der Waals surface area (Å²) in [6.45, 7) is -0.483. The highest BCUT2D eigenvalue weighted by molar-refractivity contribution is 5.46. The van der Waals surface area contributed by atoms with Gasteiger partial charge in [0.25, 0.3) is 0 Å². The van der Waals surface area contributed by atoms with Gasteiger partial charge in [0.05, 0.1) is 0 Å². The molecule has 0 aliphatic rings. The third kappa shape index (κ3) is 1.68. The predicted molar refractivity (Wildman–Crippen MR) is 18.8 cm³/mol.